The number of rotatable bonds is 7. The number of amides is 1. The number of ether oxygens (including phenoxy) is 1. The van der Waals surface area contributed by atoms with Crippen LogP contribution in [0.15, 0.2) is 30.3 Å². The molecule has 0 saturated heterocycles. The van der Waals surface area contributed by atoms with Gasteiger partial charge in [-0.2, -0.15) is 0 Å². The molecule has 4 nitrogen and oxygen atoms in total. The summed E-state index contributed by atoms with van der Waals surface area (Å²) in [6, 6.07) is 9.44. The zero-order valence-electron chi connectivity index (χ0n) is 12.4. The monoisotopic (exact) mass is 277 g/mol. The predicted molar refractivity (Wildman–Crippen MR) is 78.6 cm³/mol. The molecule has 0 aromatic heterocycles. The second kappa shape index (κ2) is 8.35. The molecule has 20 heavy (non-hydrogen) atoms. The van der Waals surface area contributed by atoms with E-state index in [2.05, 4.69) is 10.1 Å². The van der Waals surface area contributed by atoms with Crippen LogP contribution in [0.1, 0.15) is 32.3 Å². The van der Waals surface area contributed by atoms with Crippen molar-refractivity contribution in [2.45, 2.75) is 39.2 Å². The molecular weight excluding hydrogens is 254 g/mol. The van der Waals surface area contributed by atoms with Crippen LogP contribution in [0.4, 0.5) is 4.79 Å². The Hall–Kier alpha value is -1.84. The fourth-order valence-electron chi connectivity index (χ4n) is 1.99. The maximum Gasteiger partial charge on any atom is 0.407 e. The van der Waals surface area contributed by atoms with E-state index in [-0.39, 0.29) is 11.7 Å². The Kier molecular flexibility index (Phi) is 6.77. The number of carbonyl (C=O) groups excluding carboxylic acids is 2. The van der Waals surface area contributed by atoms with E-state index in [0.717, 1.165) is 18.4 Å². The molecular formula is C16H23NO3. The largest absolute Gasteiger partial charge is 0.453 e. The highest BCUT2D eigenvalue weighted by molar-refractivity contribution is 5.88. The number of carbonyl (C=O) groups is 2. The van der Waals surface area contributed by atoms with Crippen LogP contribution in [0.5, 0.6) is 0 Å². The zero-order valence-corrected chi connectivity index (χ0v) is 12.4. The summed E-state index contributed by atoms with van der Waals surface area (Å²) in [5.41, 5.74) is 1.15. The molecule has 0 heterocycles. The van der Waals surface area contributed by atoms with Crippen molar-refractivity contribution < 1.29 is 14.3 Å². The number of methoxy groups -OCH3 is 1. The van der Waals surface area contributed by atoms with Gasteiger partial charge < -0.3 is 10.1 Å². The van der Waals surface area contributed by atoms with Gasteiger partial charge in [-0.25, -0.2) is 4.79 Å². The number of hydrogen-bond donors (Lipinski definition) is 1. The summed E-state index contributed by atoms with van der Waals surface area (Å²) < 4.78 is 4.59. The lowest BCUT2D eigenvalue weighted by molar-refractivity contribution is -0.124. The van der Waals surface area contributed by atoms with Crippen molar-refractivity contribution >= 4 is 11.9 Å². The van der Waals surface area contributed by atoms with Gasteiger partial charge in [0, 0.05) is 5.92 Å². The number of hydrogen-bond acceptors (Lipinski definition) is 3. The van der Waals surface area contributed by atoms with Crippen LogP contribution in [0.3, 0.4) is 0 Å². The summed E-state index contributed by atoms with van der Waals surface area (Å²) in [5.74, 6) is 0.00163. The minimum Gasteiger partial charge on any atom is -0.453 e. The first kappa shape index (κ1) is 16.2. The predicted octanol–water partition coefficient (Wildman–Crippen LogP) is 2.96. The number of ketones is 1. The molecule has 110 valence electrons. The molecule has 1 unspecified atom stereocenters. The van der Waals surface area contributed by atoms with Crippen molar-refractivity contribution in [2.24, 2.45) is 5.92 Å². The first-order valence-electron chi connectivity index (χ1n) is 7.00. The lowest BCUT2D eigenvalue weighted by Gasteiger charge is -2.20. The van der Waals surface area contributed by atoms with Gasteiger partial charge in [0.05, 0.1) is 13.2 Å². The molecule has 0 spiro atoms. The molecule has 1 rings (SSSR count). The van der Waals surface area contributed by atoms with E-state index in [9.17, 15) is 9.59 Å². The van der Waals surface area contributed by atoms with E-state index < -0.39 is 12.1 Å². The third kappa shape index (κ3) is 5.03. The molecule has 1 N–H and O–H groups in total. The molecule has 4 heteroatoms. The van der Waals surface area contributed by atoms with E-state index in [4.69, 9.17) is 0 Å². The smallest absolute Gasteiger partial charge is 0.407 e. The maximum atomic E-state index is 12.3. The highest BCUT2D eigenvalue weighted by Crippen LogP contribution is 2.12. The van der Waals surface area contributed by atoms with Crippen LogP contribution in [0.25, 0.3) is 0 Å². The molecule has 1 aromatic carbocycles. The number of nitrogens with one attached hydrogen (secondary N) is 1. The van der Waals surface area contributed by atoms with Crippen LogP contribution in [-0.2, 0) is 16.0 Å². The molecule has 0 saturated carbocycles. The second-order valence-electron chi connectivity index (χ2n) is 4.92. The first-order chi connectivity index (χ1) is 9.58. The van der Waals surface area contributed by atoms with E-state index >= 15 is 0 Å². The summed E-state index contributed by atoms with van der Waals surface area (Å²) in [6.07, 6.45) is 1.54. The van der Waals surface area contributed by atoms with Gasteiger partial charge in [-0.05, 0) is 24.8 Å². The molecule has 0 radical (unpaired) electrons. The second-order valence-corrected chi connectivity index (χ2v) is 4.92. The van der Waals surface area contributed by atoms with Gasteiger partial charge in [-0.1, -0.05) is 44.2 Å². The van der Waals surface area contributed by atoms with Gasteiger partial charge in [0.1, 0.15) is 0 Å². The lowest BCUT2D eigenvalue weighted by Crippen LogP contribution is -2.43. The van der Waals surface area contributed by atoms with Crippen molar-refractivity contribution in [1.82, 2.24) is 5.32 Å². The fourth-order valence-corrected chi connectivity index (χ4v) is 1.99. The third-order valence-corrected chi connectivity index (χ3v) is 3.48. The molecule has 1 amide bonds. The number of alkyl carbamates (subject to hydrolysis) is 1. The SMILES string of the molecule is CCC(C)C(=O)[C@@H](CCc1ccccc1)NC(=O)OC. The molecule has 0 aliphatic rings. The summed E-state index contributed by atoms with van der Waals surface area (Å²) in [5, 5.41) is 2.64. The van der Waals surface area contributed by atoms with Crippen molar-refractivity contribution in [3.05, 3.63) is 35.9 Å². The summed E-state index contributed by atoms with van der Waals surface area (Å²) in [6.45, 7) is 3.85. The molecule has 0 aliphatic carbocycles. The van der Waals surface area contributed by atoms with Crippen LogP contribution in [0.2, 0.25) is 0 Å². The van der Waals surface area contributed by atoms with Crippen LogP contribution in [-0.4, -0.2) is 25.0 Å². The van der Waals surface area contributed by atoms with Crippen molar-refractivity contribution in [2.75, 3.05) is 7.11 Å². The number of benzene rings is 1. The molecule has 1 aromatic rings. The van der Waals surface area contributed by atoms with Crippen LogP contribution < -0.4 is 5.32 Å². The van der Waals surface area contributed by atoms with Gasteiger partial charge in [0.15, 0.2) is 5.78 Å². The van der Waals surface area contributed by atoms with Gasteiger partial charge in [-0.15, -0.1) is 0 Å². The third-order valence-electron chi connectivity index (χ3n) is 3.48. The standard InChI is InChI=1S/C16H23NO3/c1-4-12(2)15(18)14(17-16(19)20-3)11-10-13-8-6-5-7-9-13/h5-9,12,14H,4,10-11H2,1-3H3,(H,17,19)/t12?,14-/m1/s1. The lowest BCUT2D eigenvalue weighted by atomic mass is 9.93. The summed E-state index contributed by atoms with van der Waals surface area (Å²) in [4.78, 5) is 23.6. The Morgan fingerprint density at radius 2 is 1.90 bits per heavy atom. The fraction of sp³-hybridized carbons (Fsp3) is 0.500. The number of aryl methyl sites for hydroxylation is 1. The topological polar surface area (TPSA) is 55.4 Å². The molecule has 0 bridgehead atoms. The maximum absolute atomic E-state index is 12.3. The van der Waals surface area contributed by atoms with Gasteiger partial charge >= 0.3 is 6.09 Å². The van der Waals surface area contributed by atoms with Crippen molar-refractivity contribution in [3.8, 4) is 0 Å². The van der Waals surface area contributed by atoms with Crippen molar-refractivity contribution in [1.29, 1.82) is 0 Å². The van der Waals surface area contributed by atoms with Gasteiger partial charge in [0.25, 0.3) is 0 Å². The van der Waals surface area contributed by atoms with E-state index in [1.165, 1.54) is 7.11 Å². The quantitative estimate of drug-likeness (QED) is 0.833. The van der Waals surface area contributed by atoms with E-state index in [0.29, 0.717) is 6.42 Å². The Morgan fingerprint density at radius 1 is 1.25 bits per heavy atom. The van der Waals surface area contributed by atoms with E-state index in [1.807, 2.05) is 44.2 Å². The molecule has 2 atom stereocenters. The Morgan fingerprint density at radius 3 is 2.45 bits per heavy atom. The highest BCUT2D eigenvalue weighted by Gasteiger charge is 2.24. The summed E-state index contributed by atoms with van der Waals surface area (Å²) >= 11 is 0. The zero-order chi connectivity index (χ0) is 15.0. The summed E-state index contributed by atoms with van der Waals surface area (Å²) in [7, 11) is 1.30. The van der Waals surface area contributed by atoms with Gasteiger partial charge in [-0.3, -0.25) is 4.79 Å². The molecule has 0 aliphatic heterocycles. The highest BCUT2D eigenvalue weighted by atomic mass is 16.5. The Bertz CT molecular complexity index is 431. The minimum atomic E-state index is -0.556. The normalized spacial score (nSPS) is 13.3. The minimum absolute atomic E-state index is 0.0621. The van der Waals surface area contributed by atoms with Crippen LogP contribution in [0, 0.1) is 5.92 Å². The van der Waals surface area contributed by atoms with Gasteiger partial charge in [0.2, 0.25) is 0 Å². The average molecular weight is 277 g/mol. The van der Waals surface area contributed by atoms with Crippen molar-refractivity contribution in [3.63, 3.8) is 0 Å². The van der Waals surface area contributed by atoms with Crippen LogP contribution >= 0.6 is 0 Å². The molecule has 0 fully saturated rings. The Labute approximate surface area is 120 Å². The van der Waals surface area contributed by atoms with E-state index in [1.54, 1.807) is 0 Å². The Balaban J connectivity index is 2.67. The first-order valence-corrected chi connectivity index (χ1v) is 7.00. The average Bonchev–Trinajstić information content (AvgIpc) is 2.50. The number of Topliss-reactive ketones (excluding diaryl/α,β-unsaturated/α-hetero) is 1.